The number of sulfonamides is 1. The smallest absolute Gasteiger partial charge is 0.264 e. The van der Waals surface area contributed by atoms with E-state index in [4.69, 9.17) is 4.74 Å². The van der Waals surface area contributed by atoms with E-state index in [2.05, 4.69) is 5.32 Å². The van der Waals surface area contributed by atoms with E-state index < -0.39 is 10.0 Å². The van der Waals surface area contributed by atoms with Crippen LogP contribution in [-0.2, 0) is 27.8 Å². The summed E-state index contributed by atoms with van der Waals surface area (Å²) in [4.78, 5) is 12.6. The van der Waals surface area contributed by atoms with Crippen molar-refractivity contribution in [1.29, 1.82) is 0 Å². The lowest BCUT2D eigenvalue weighted by Gasteiger charge is -2.25. The van der Waals surface area contributed by atoms with Gasteiger partial charge >= 0.3 is 0 Å². The summed E-state index contributed by atoms with van der Waals surface area (Å²) in [6, 6.07) is 32.0. The fourth-order valence-electron chi connectivity index (χ4n) is 3.63. The van der Waals surface area contributed by atoms with Gasteiger partial charge < -0.3 is 10.1 Å². The van der Waals surface area contributed by atoms with Gasteiger partial charge in [-0.3, -0.25) is 9.10 Å². The van der Waals surface area contributed by atoms with Crippen LogP contribution in [0.1, 0.15) is 11.1 Å². The van der Waals surface area contributed by atoms with E-state index in [0.717, 1.165) is 16.9 Å². The summed E-state index contributed by atoms with van der Waals surface area (Å²) >= 11 is 0. The van der Waals surface area contributed by atoms with Crippen molar-refractivity contribution in [1.82, 2.24) is 0 Å². The summed E-state index contributed by atoms with van der Waals surface area (Å²) in [5, 5.41) is 2.82. The molecule has 0 unspecified atom stereocenters. The van der Waals surface area contributed by atoms with Gasteiger partial charge in [-0.25, -0.2) is 8.42 Å². The van der Waals surface area contributed by atoms with Crippen LogP contribution in [0.2, 0.25) is 0 Å². The zero-order valence-electron chi connectivity index (χ0n) is 19.3. The zero-order valence-corrected chi connectivity index (χ0v) is 20.1. The van der Waals surface area contributed by atoms with Gasteiger partial charge in [0.2, 0.25) is 5.91 Å². The molecular weight excluding hydrogens is 460 g/mol. The van der Waals surface area contributed by atoms with Gasteiger partial charge in [-0.1, -0.05) is 60.7 Å². The molecule has 0 bridgehead atoms. The molecular formula is C28H26N2O4S. The highest BCUT2D eigenvalue weighted by molar-refractivity contribution is 7.92. The highest BCUT2D eigenvalue weighted by Gasteiger charge is 2.25. The van der Waals surface area contributed by atoms with E-state index in [0.29, 0.717) is 11.4 Å². The number of nitrogens with one attached hydrogen (secondary N) is 1. The average molecular weight is 487 g/mol. The molecule has 4 aromatic carbocycles. The highest BCUT2D eigenvalue weighted by Crippen LogP contribution is 2.26. The summed E-state index contributed by atoms with van der Waals surface area (Å²) in [5.41, 5.74) is 2.83. The molecule has 35 heavy (non-hydrogen) atoms. The quantitative estimate of drug-likeness (QED) is 0.350. The maximum atomic E-state index is 13.6. The van der Waals surface area contributed by atoms with Gasteiger partial charge in [0.05, 0.1) is 30.7 Å². The molecule has 0 heterocycles. The molecule has 0 radical (unpaired) electrons. The number of hydrogen-bond acceptors (Lipinski definition) is 4. The van der Waals surface area contributed by atoms with Crippen LogP contribution in [0.15, 0.2) is 114 Å². The van der Waals surface area contributed by atoms with Crippen LogP contribution >= 0.6 is 0 Å². The third-order valence-electron chi connectivity index (χ3n) is 5.46. The second-order valence-corrected chi connectivity index (χ2v) is 9.79. The van der Waals surface area contributed by atoms with Crippen LogP contribution in [0, 0.1) is 0 Å². The molecule has 0 atom stereocenters. The van der Waals surface area contributed by atoms with E-state index >= 15 is 0 Å². The largest absolute Gasteiger partial charge is 0.497 e. The molecule has 1 N–H and O–H groups in total. The Morgan fingerprint density at radius 3 is 1.97 bits per heavy atom. The average Bonchev–Trinajstić information content (AvgIpc) is 2.89. The number of amides is 1. The van der Waals surface area contributed by atoms with Gasteiger partial charge in [0.25, 0.3) is 10.0 Å². The second kappa shape index (κ2) is 10.9. The molecule has 1 amide bonds. The molecule has 0 saturated carbocycles. The standard InChI is InChI=1S/C28H26N2O4S/c1-34-26-16-12-22(13-17-26)20-28(31)29-24-14-18-27(19-15-24)35(32,33)30(25-10-6-3-7-11-25)21-23-8-4-2-5-9-23/h2-19H,20-21H2,1H3,(H,29,31). The first-order chi connectivity index (χ1) is 17.0. The molecule has 0 aromatic heterocycles. The molecule has 178 valence electrons. The Kier molecular flexibility index (Phi) is 7.48. The minimum Gasteiger partial charge on any atom is -0.497 e. The van der Waals surface area contributed by atoms with Crippen LogP contribution in [0.5, 0.6) is 5.75 Å². The van der Waals surface area contributed by atoms with Gasteiger partial charge in [-0.2, -0.15) is 0 Å². The van der Waals surface area contributed by atoms with Gasteiger partial charge in [-0.05, 0) is 59.7 Å². The minimum atomic E-state index is -3.84. The molecule has 0 spiro atoms. The number of carbonyl (C=O) groups is 1. The van der Waals surface area contributed by atoms with Crippen LogP contribution in [0.4, 0.5) is 11.4 Å². The monoisotopic (exact) mass is 486 g/mol. The fraction of sp³-hybridized carbons (Fsp3) is 0.107. The molecule has 0 aliphatic carbocycles. The Hall–Kier alpha value is -4.10. The molecule has 4 rings (SSSR count). The third-order valence-corrected chi connectivity index (χ3v) is 7.25. The van der Waals surface area contributed by atoms with E-state index in [1.807, 2.05) is 60.7 Å². The predicted octanol–water partition coefficient (Wildman–Crippen LogP) is 5.27. The fourth-order valence-corrected chi connectivity index (χ4v) is 5.08. The Bertz CT molecular complexity index is 1360. The molecule has 7 heteroatoms. The van der Waals surface area contributed by atoms with Crippen molar-refractivity contribution < 1.29 is 17.9 Å². The normalized spacial score (nSPS) is 11.0. The summed E-state index contributed by atoms with van der Waals surface area (Å²) in [5.74, 6) is 0.531. The molecule has 4 aromatic rings. The lowest BCUT2D eigenvalue weighted by atomic mass is 10.1. The van der Waals surface area contributed by atoms with Crippen molar-refractivity contribution in [3.8, 4) is 5.75 Å². The van der Waals surface area contributed by atoms with E-state index in [9.17, 15) is 13.2 Å². The van der Waals surface area contributed by atoms with Crippen molar-refractivity contribution in [2.24, 2.45) is 0 Å². The Balaban J connectivity index is 1.51. The lowest BCUT2D eigenvalue weighted by molar-refractivity contribution is -0.115. The molecule has 0 fully saturated rings. The molecule has 0 aliphatic heterocycles. The topological polar surface area (TPSA) is 75.7 Å². The van der Waals surface area contributed by atoms with Gasteiger partial charge in [0.1, 0.15) is 5.75 Å². The number of methoxy groups -OCH3 is 1. The Labute approximate surface area is 205 Å². The number of para-hydroxylation sites is 1. The van der Waals surface area contributed by atoms with E-state index in [-0.39, 0.29) is 23.8 Å². The van der Waals surface area contributed by atoms with E-state index in [1.165, 1.54) is 16.4 Å². The predicted molar refractivity (Wildman–Crippen MR) is 138 cm³/mol. The molecule has 0 aliphatic rings. The van der Waals surface area contributed by atoms with Gasteiger partial charge in [0, 0.05) is 5.69 Å². The maximum absolute atomic E-state index is 13.6. The van der Waals surface area contributed by atoms with Crippen molar-refractivity contribution in [2.45, 2.75) is 17.9 Å². The number of carbonyl (C=O) groups excluding carboxylic acids is 1. The number of ether oxygens (including phenoxy) is 1. The SMILES string of the molecule is COc1ccc(CC(=O)Nc2ccc(S(=O)(=O)N(Cc3ccccc3)c3ccccc3)cc2)cc1. The lowest BCUT2D eigenvalue weighted by Crippen LogP contribution is -2.30. The second-order valence-electron chi connectivity index (χ2n) is 7.93. The summed E-state index contributed by atoms with van der Waals surface area (Å²) in [7, 11) is -2.25. The molecule has 0 saturated heterocycles. The number of nitrogens with zero attached hydrogens (tertiary/aromatic N) is 1. The van der Waals surface area contributed by atoms with Crippen molar-refractivity contribution in [3.05, 3.63) is 120 Å². The molecule has 6 nitrogen and oxygen atoms in total. The minimum absolute atomic E-state index is 0.144. The number of anilines is 2. The first-order valence-corrected chi connectivity index (χ1v) is 12.5. The van der Waals surface area contributed by atoms with Crippen LogP contribution < -0.4 is 14.4 Å². The van der Waals surface area contributed by atoms with Crippen molar-refractivity contribution in [2.75, 3.05) is 16.7 Å². The Morgan fingerprint density at radius 2 is 1.37 bits per heavy atom. The maximum Gasteiger partial charge on any atom is 0.264 e. The van der Waals surface area contributed by atoms with Gasteiger partial charge in [-0.15, -0.1) is 0 Å². The summed E-state index contributed by atoms with van der Waals surface area (Å²) in [6.45, 7) is 0.202. The Morgan fingerprint density at radius 1 is 0.771 bits per heavy atom. The van der Waals surface area contributed by atoms with Gasteiger partial charge in [0.15, 0.2) is 0 Å². The van der Waals surface area contributed by atoms with E-state index in [1.54, 1.807) is 43.5 Å². The van der Waals surface area contributed by atoms with Crippen LogP contribution in [0.25, 0.3) is 0 Å². The highest BCUT2D eigenvalue weighted by atomic mass is 32.2. The zero-order chi connectivity index (χ0) is 24.7. The first kappa shape index (κ1) is 24.0. The third kappa shape index (κ3) is 6.07. The van der Waals surface area contributed by atoms with Crippen LogP contribution in [-0.4, -0.2) is 21.4 Å². The van der Waals surface area contributed by atoms with Crippen LogP contribution in [0.3, 0.4) is 0 Å². The summed E-state index contributed by atoms with van der Waals surface area (Å²) < 4.78 is 33.7. The number of hydrogen-bond donors (Lipinski definition) is 1. The number of benzene rings is 4. The first-order valence-electron chi connectivity index (χ1n) is 11.1. The summed E-state index contributed by atoms with van der Waals surface area (Å²) in [6.07, 6.45) is 0.197. The number of rotatable bonds is 9. The van der Waals surface area contributed by atoms with Crippen molar-refractivity contribution >= 4 is 27.3 Å². The van der Waals surface area contributed by atoms with Crippen molar-refractivity contribution in [3.63, 3.8) is 0 Å².